The molecule has 1 heterocycles. The second-order valence-electron chi connectivity index (χ2n) is 5.53. The second kappa shape index (κ2) is 8.02. The number of furan rings is 1. The van der Waals surface area contributed by atoms with E-state index in [1.54, 1.807) is 74.0 Å². The van der Waals surface area contributed by atoms with Gasteiger partial charge in [-0.2, -0.15) is 0 Å². The Morgan fingerprint density at radius 2 is 1.69 bits per heavy atom. The molecule has 132 valence electrons. The van der Waals surface area contributed by atoms with Crippen molar-refractivity contribution in [3.63, 3.8) is 0 Å². The third kappa shape index (κ3) is 4.30. The van der Waals surface area contributed by atoms with Gasteiger partial charge >= 0.3 is 0 Å². The SMILES string of the molecule is COc1ccc(NC(=O)c2cccc(C(=O)NCc3ccco3)c2)cc1. The molecule has 1 aromatic heterocycles. The number of hydrogen-bond donors (Lipinski definition) is 2. The van der Waals surface area contributed by atoms with Crippen LogP contribution in [0.5, 0.6) is 5.75 Å². The molecular weight excluding hydrogens is 332 g/mol. The average Bonchev–Trinajstić information content (AvgIpc) is 3.20. The third-order valence-electron chi connectivity index (χ3n) is 3.74. The Morgan fingerprint density at radius 1 is 0.962 bits per heavy atom. The topological polar surface area (TPSA) is 80.6 Å². The summed E-state index contributed by atoms with van der Waals surface area (Å²) in [6.07, 6.45) is 1.55. The molecule has 2 aromatic carbocycles. The maximum absolute atomic E-state index is 12.4. The van der Waals surface area contributed by atoms with Crippen molar-refractivity contribution >= 4 is 17.5 Å². The van der Waals surface area contributed by atoms with E-state index in [9.17, 15) is 9.59 Å². The minimum Gasteiger partial charge on any atom is -0.497 e. The summed E-state index contributed by atoms with van der Waals surface area (Å²) in [6.45, 7) is 0.286. The first-order valence-electron chi connectivity index (χ1n) is 8.02. The van der Waals surface area contributed by atoms with Crippen LogP contribution in [0.4, 0.5) is 5.69 Å². The number of methoxy groups -OCH3 is 1. The third-order valence-corrected chi connectivity index (χ3v) is 3.74. The first kappa shape index (κ1) is 17.3. The molecule has 0 unspecified atom stereocenters. The number of hydrogen-bond acceptors (Lipinski definition) is 4. The Labute approximate surface area is 150 Å². The summed E-state index contributed by atoms with van der Waals surface area (Å²) >= 11 is 0. The van der Waals surface area contributed by atoms with Crippen LogP contribution in [0.25, 0.3) is 0 Å². The fourth-order valence-electron chi connectivity index (χ4n) is 2.36. The van der Waals surface area contributed by atoms with Gasteiger partial charge in [-0.25, -0.2) is 0 Å². The molecule has 0 radical (unpaired) electrons. The van der Waals surface area contributed by atoms with Gasteiger partial charge in [-0.05, 0) is 54.6 Å². The van der Waals surface area contributed by atoms with Crippen molar-refractivity contribution in [1.29, 1.82) is 0 Å². The van der Waals surface area contributed by atoms with Gasteiger partial charge in [0, 0.05) is 16.8 Å². The Balaban J connectivity index is 1.65. The summed E-state index contributed by atoms with van der Waals surface area (Å²) in [6, 6.07) is 17.1. The molecular formula is C20H18N2O4. The van der Waals surface area contributed by atoms with Gasteiger partial charge < -0.3 is 19.8 Å². The maximum atomic E-state index is 12.4. The molecule has 0 bridgehead atoms. The van der Waals surface area contributed by atoms with Crippen LogP contribution in [-0.4, -0.2) is 18.9 Å². The number of carbonyl (C=O) groups excluding carboxylic acids is 2. The average molecular weight is 350 g/mol. The van der Waals surface area contributed by atoms with Crippen molar-refractivity contribution in [3.05, 3.63) is 83.8 Å². The predicted molar refractivity (Wildman–Crippen MR) is 97.3 cm³/mol. The lowest BCUT2D eigenvalue weighted by Gasteiger charge is -2.08. The van der Waals surface area contributed by atoms with E-state index in [2.05, 4.69) is 10.6 Å². The highest BCUT2D eigenvalue weighted by Crippen LogP contribution is 2.16. The van der Waals surface area contributed by atoms with E-state index < -0.39 is 0 Å². The highest BCUT2D eigenvalue weighted by molar-refractivity contribution is 6.06. The van der Waals surface area contributed by atoms with Crippen molar-refractivity contribution in [2.24, 2.45) is 0 Å². The molecule has 0 aliphatic heterocycles. The van der Waals surface area contributed by atoms with Gasteiger partial charge in [0.2, 0.25) is 0 Å². The highest BCUT2D eigenvalue weighted by Gasteiger charge is 2.11. The number of nitrogens with one attached hydrogen (secondary N) is 2. The van der Waals surface area contributed by atoms with Gasteiger partial charge in [0.05, 0.1) is 19.9 Å². The molecule has 0 aliphatic rings. The smallest absolute Gasteiger partial charge is 0.255 e. The number of rotatable bonds is 6. The predicted octanol–water partition coefficient (Wildman–Crippen LogP) is 3.47. The Bertz CT molecular complexity index is 886. The molecule has 0 spiro atoms. The molecule has 0 fully saturated rings. The Hall–Kier alpha value is -3.54. The van der Waals surface area contributed by atoms with Crippen molar-refractivity contribution in [3.8, 4) is 5.75 Å². The molecule has 3 aromatic rings. The molecule has 2 N–H and O–H groups in total. The highest BCUT2D eigenvalue weighted by atomic mass is 16.5. The van der Waals surface area contributed by atoms with E-state index in [-0.39, 0.29) is 18.4 Å². The number of amides is 2. The van der Waals surface area contributed by atoms with Crippen LogP contribution in [0.3, 0.4) is 0 Å². The van der Waals surface area contributed by atoms with Gasteiger partial charge in [-0.3, -0.25) is 9.59 Å². The van der Waals surface area contributed by atoms with Gasteiger partial charge in [0.1, 0.15) is 11.5 Å². The van der Waals surface area contributed by atoms with E-state index >= 15 is 0 Å². The van der Waals surface area contributed by atoms with E-state index in [1.165, 1.54) is 0 Å². The van der Waals surface area contributed by atoms with Gasteiger partial charge in [0.15, 0.2) is 0 Å². The summed E-state index contributed by atoms with van der Waals surface area (Å²) in [7, 11) is 1.58. The first-order chi connectivity index (χ1) is 12.7. The first-order valence-corrected chi connectivity index (χ1v) is 8.02. The zero-order valence-electron chi connectivity index (χ0n) is 14.2. The Kier molecular flexibility index (Phi) is 5.34. The fourth-order valence-corrected chi connectivity index (χ4v) is 2.36. The van der Waals surface area contributed by atoms with Gasteiger partial charge in [0.25, 0.3) is 11.8 Å². The lowest BCUT2D eigenvalue weighted by molar-refractivity contribution is 0.0948. The maximum Gasteiger partial charge on any atom is 0.255 e. The van der Waals surface area contributed by atoms with E-state index in [4.69, 9.17) is 9.15 Å². The lowest BCUT2D eigenvalue weighted by atomic mass is 10.1. The minimum absolute atomic E-state index is 0.277. The zero-order valence-corrected chi connectivity index (χ0v) is 14.2. The van der Waals surface area contributed by atoms with E-state index in [0.29, 0.717) is 28.3 Å². The van der Waals surface area contributed by atoms with E-state index in [1.807, 2.05) is 0 Å². The molecule has 3 rings (SSSR count). The largest absolute Gasteiger partial charge is 0.497 e. The van der Waals surface area contributed by atoms with Crippen LogP contribution in [0.15, 0.2) is 71.3 Å². The van der Waals surface area contributed by atoms with Crippen LogP contribution in [-0.2, 0) is 6.54 Å². The number of ether oxygens (including phenoxy) is 1. The molecule has 0 saturated carbocycles. The quantitative estimate of drug-likeness (QED) is 0.713. The van der Waals surface area contributed by atoms with E-state index in [0.717, 1.165) is 0 Å². The molecule has 26 heavy (non-hydrogen) atoms. The van der Waals surface area contributed by atoms with Crippen LogP contribution in [0, 0.1) is 0 Å². The fraction of sp³-hybridized carbons (Fsp3) is 0.100. The number of carbonyl (C=O) groups is 2. The number of anilines is 1. The Morgan fingerprint density at radius 3 is 2.35 bits per heavy atom. The monoisotopic (exact) mass is 350 g/mol. The van der Waals surface area contributed by atoms with Crippen molar-refractivity contribution in [2.45, 2.75) is 6.54 Å². The summed E-state index contributed by atoms with van der Waals surface area (Å²) in [4.78, 5) is 24.6. The standard InChI is InChI=1S/C20H18N2O4/c1-25-17-9-7-16(8-10-17)22-20(24)15-5-2-4-14(12-15)19(23)21-13-18-6-3-11-26-18/h2-12H,13H2,1H3,(H,21,23)(H,22,24). The van der Waals surface area contributed by atoms with Crippen LogP contribution in [0.1, 0.15) is 26.5 Å². The molecule has 6 nitrogen and oxygen atoms in total. The second-order valence-corrected chi connectivity index (χ2v) is 5.53. The normalized spacial score (nSPS) is 10.2. The van der Waals surface area contributed by atoms with Gasteiger partial charge in [-0.15, -0.1) is 0 Å². The number of benzene rings is 2. The summed E-state index contributed by atoms with van der Waals surface area (Å²) in [5.41, 5.74) is 1.44. The minimum atomic E-state index is -0.296. The zero-order chi connectivity index (χ0) is 18.4. The summed E-state index contributed by atoms with van der Waals surface area (Å²) in [5, 5.41) is 5.54. The molecule has 0 aliphatic carbocycles. The van der Waals surface area contributed by atoms with Crippen molar-refractivity contribution < 1.29 is 18.7 Å². The van der Waals surface area contributed by atoms with Gasteiger partial charge in [-0.1, -0.05) is 6.07 Å². The molecule has 2 amide bonds. The lowest BCUT2D eigenvalue weighted by Crippen LogP contribution is -2.23. The molecule has 0 atom stereocenters. The molecule has 6 heteroatoms. The molecule has 0 saturated heterocycles. The van der Waals surface area contributed by atoms with Crippen LogP contribution < -0.4 is 15.4 Å². The van der Waals surface area contributed by atoms with Crippen molar-refractivity contribution in [2.75, 3.05) is 12.4 Å². The summed E-state index contributed by atoms with van der Waals surface area (Å²) < 4.78 is 10.3. The van der Waals surface area contributed by atoms with Crippen molar-refractivity contribution in [1.82, 2.24) is 5.32 Å². The van der Waals surface area contributed by atoms with Crippen LogP contribution in [0.2, 0.25) is 0 Å². The van der Waals surface area contributed by atoms with Crippen LogP contribution >= 0.6 is 0 Å². The summed E-state index contributed by atoms with van der Waals surface area (Å²) in [5.74, 6) is 0.793.